The van der Waals surface area contributed by atoms with Crippen LogP contribution in [0.4, 0.5) is 0 Å². The van der Waals surface area contributed by atoms with E-state index in [1.54, 1.807) is 38.6 Å². The maximum atomic E-state index is 12.7. The maximum Gasteiger partial charge on any atom is 0.221 e. The van der Waals surface area contributed by atoms with E-state index in [1.165, 1.54) is 6.07 Å². The van der Waals surface area contributed by atoms with Gasteiger partial charge in [-0.05, 0) is 36.2 Å². The highest BCUT2D eigenvalue weighted by Crippen LogP contribution is 2.27. The number of rotatable bonds is 9. The molecule has 0 aliphatic carbocycles. The van der Waals surface area contributed by atoms with Crippen LogP contribution in [0, 0.1) is 0 Å². The number of para-hydroxylation sites is 1. The summed E-state index contributed by atoms with van der Waals surface area (Å²) in [5.74, 6) is 0.673. The second-order valence-corrected chi connectivity index (χ2v) is 8.77. The Kier molecular flexibility index (Phi) is 6.89. The van der Waals surface area contributed by atoms with Crippen molar-refractivity contribution in [2.45, 2.75) is 17.7 Å². The summed E-state index contributed by atoms with van der Waals surface area (Å²) < 4.78 is 35.9. The van der Waals surface area contributed by atoms with Gasteiger partial charge >= 0.3 is 0 Å². The zero-order chi connectivity index (χ0) is 21.6. The van der Waals surface area contributed by atoms with Crippen LogP contribution in [-0.4, -0.2) is 45.8 Å². The van der Waals surface area contributed by atoms with E-state index < -0.39 is 9.84 Å². The van der Waals surface area contributed by atoms with Gasteiger partial charge in [-0.2, -0.15) is 0 Å². The molecule has 158 valence electrons. The molecule has 1 heterocycles. The highest BCUT2D eigenvalue weighted by atomic mass is 32.2. The fraction of sp³-hybridized carbons (Fsp3) is 0.273. The van der Waals surface area contributed by atoms with Gasteiger partial charge in [-0.15, -0.1) is 0 Å². The number of aromatic nitrogens is 1. The number of pyridine rings is 1. The van der Waals surface area contributed by atoms with Crippen molar-refractivity contribution in [3.63, 3.8) is 0 Å². The van der Waals surface area contributed by atoms with E-state index in [-0.39, 0.29) is 23.0 Å². The van der Waals surface area contributed by atoms with Crippen LogP contribution in [0.15, 0.2) is 59.6 Å². The molecule has 1 N–H and O–H groups in total. The lowest BCUT2D eigenvalue weighted by Crippen LogP contribution is -2.27. The topological polar surface area (TPSA) is 94.6 Å². The number of sulfone groups is 1. The molecule has 1 amide bonds. The van der Waals surface area contributed by atoms with Crippen LogP contribution in [-0.2, 0) is 21.1 Å². The molecule has 30 heavy (non-hydrogen) atoms. The van der Waals surface area contributed by atoms with E-state index >= 15 is 0 Å². The Bertz CT molecular complexity index is 1140. The van der Waals surface area contributed by atoms with Gasteiger partial charge in [0.1, 0.15) is 0 Å². The SMILES string of the molecule is COc1ccc(CCNC(=O)CCS(=O)(=O)c2cccc3cccnc23)cc1OC. The van der Waals surface area contributed by atoms with E-state index in [0.717, 1.165) is 10.9 Å². The monoisotopic (exact) mass is 428 g/mol. The molecule has 0 bridgehead atoms. The van der Waals surface area contributed by atoms with Crippen molar-refractivity contribution in [2.75, 3.05) is 26.5 Å². The van der Waals surface area contributed by atoms with Crippen LogP contribution in [0.1, 0.15) is 12.0 Å². The van der Waals surface area contributed by atoms with Crippen molar-refractivity contribution in [1.29, 1.82) is 0 Å². The minimum Gasteiger partial charge on any atom is -0.493 e. The fourth-order valence-corrected chi connectivity index (χ4v) is 4.56. The Balaban J connectivity index is 1.55. The van der Waals surface area contributed by atoms with Crippen molar-refractivity contribution in [2.24, 2.45) is 0 Å². The summed E-state index contributed by atoms with van der Waals surface area (Å²) in [5.41, 5.74) is 1.40. The third-order valence-electron chi connectivity index (χ3n) is 4.71. The molecular formula is C22H24N2O5S. The molecule has 0 saturated carbocycles. The Hall–Kier alpha value is -3.13. The molecule has 0 radical (unpaired) electrons. The van der Waals surface area contributed by atoms with Gasteiger partial charge in [-0.25, -0.2) is 8.42 Å². The third kappa shape index (κ3) is 5.07. The van der Waals surface area contributed by atoms with Gasteiger partial charge < -0.3 is 14.8 Å². The maximum absolute atomic E-state index is 12.7. The molecule has 0 saturated heterocycles. The van der Waals surface area contributed by atoms with Crippen LogP contribution in [0.5, 0.6) is 11.5 Å². The third-order valence-corrected chi connectivity index (χ3v) is 6.45. The highest BCUT2D eigenvalue weighted by molar-refractivity contribution is 7.91. The van der Waals surface area contributed by atoms with Gasteiger partial charge in [0.25, 0.3) is 0 Å². The number of nitrogens with one attached hydrogen (secondary N) is 1. The van der Waals surface area contributed by atoms with Gasteiger partial charge in [0, 0.05) is 24.5 Å². The summed E-state index contributed by atoms with van der Waals surface area (Å²) >= 11 is 0. The number of ether oxygens (including phenoxy) is 2. The molecule has 0 unspecified atom stereocenters. The number of benzene rings is 2. The number of hydrogen-bond donors (Lipinski definition) is 1. The summed E-state index contributed by atoms with van der Waals surface area (Å²) in [6.45, 7) is 0.393. The van der Waals surface area contributed by atoms with E-state index in [4.69, 9.17) is 9.47 Å². The number of fused-ring (bicyclic) bond motifs is 1. The predicted octanol–water partition coefficient (Wildman–Crippen LogP) is 2.77. The number of nitrogens with zero attached hydrogens (tertiary/aromatic N) is 1. The number of hydrogen-bond acceptors (Lipinski definition) is 6. The molecule has 0 aliphatic rings. The zero-order valence-electron chi connectivity index (χ0n) is 16.9. The lowest BCUT2D eigenvalue weighted by molar-refractivity contribution is -0.120. The molecule has 7 nitrogen and oxygen atoms in total. The summed E-state index contributed by atoms with van der Waals surface area (Å²) in [6, 6.07) is 14.1. The van der Waals surface area contributed by atoms with E-state index in [2.05, 4.69) is 10.3 Å². The van der Waals surface area contributed by atoms with Gasteiger partial charge in [0.2, 0.25) is 5.91 Å². The Morgan fingerprint density at radius 1 is 1.03 bits per heavy atom. The summed E-state index contributed by atoms with van der Waals surface area (Å²) in [5, 5.41) is 3.52. The predicted molar refractivity (Wildman–Crippen MR) is 115 cm³/mol. The lowest BCUT2D eigenvalue weighted by atomic mass is 10.1. The number of carbonyl (C=O) groups excluding carboxylic acids is 1. The molecule has 3 aromatic rings. The molecule has 1 aromatic heterocycles. The number of carbonyl (C=O) groups is 1. The average molecular weight is 429 g/mol. The van der Waals surface area contributed by atoms with Crippen LogP contribution in [0.25, 0.3) is 10.9 Å². The molecule has 0 atom stereocenters. The summed E-state index contributed by atoms with van der Waals surface area (Å²) in [4.78, 5) is 16.5. The molecular weight excluding hydrogens is 404 g/mol. The van der Waals surface area contributed by atoms with E-state index in [0.29, 0.717) is 30.0 Å². The number of methoxy groups -OCH3 is 2. The standard InChI is InChI=1S/C22H24N2O5S/c1-28-18-9-8-16(15-19(18)29-2)10-13-23-21(25)11-14-30(26,27)20-7-3-5-17-6-4-12-24-22(17)20/h3-9,12,15H,10-11,13-14H2,1-2H3,(H,23,25). The Labute approximate surface area is 176 Å². The number of amides is 1. The first-order valence-corrected chi connectivity index (χ1v) is 11.1. The largest absolute Gasteiger partial charge is 0.493 e. The van der Waals surface area contributed by atoms with E-state index in [9.17, 15) is 13.2 Å². The summed E-state index contributed by atoms with van der Waals surface area (Å²) in [6.07, 6.45) is 2.03. The molecule has 3 rings (SSSR count). The van der Waals surface area contributed by atoms with Crippen LogP contribution >= 0.6 is 0 Å². The smallest absolute Gasteiger partial charge is 0.221 e. The quantitative estimate of drug-likeness (QED) is 0.563. The van der Waals surface area contributed by atoms with Gasteiger partial charge in [-0.3, -0.25) is 9.78 Å². The minimum atomic E-state index is -3.63. The van der Waals surface area contributed by atoms with Crippen LogP contribution in [0.2, 0.25) is 0 Å². The molecule has 2 aromatic carbocycles. The van der Waals surface area contributed by atoms with Crippen molar-refractivity contribution < 1.29 is 22.7 Å². The van der Waals surface area contributed by atoms with Gasteiger partial charge in [0.15, 0.2) is 21.3 Å². The Morgan fingerprint density at radius 2 is 1.80 bits per heavy atom. The van der Waals surface area contributed by atoms with Gasteiger partial charge in [0.05, 0.1) is 30.4 Å². The fourth-order valence-electron chi connectivity index (χ4n) is 3.13. The molecule has 0 aliphatic heterocycles. The second kappa shape index (κ2) is 9.58. The normalized spacial score (nSPS) is 11.3. The summed E-state index contributed by atoms with van der Waals surface area (Å²) in [7, 11) is -0.495. The van der Waals surface area contributed by atoms with Crippen molar-refractivity contribution in [1.82, 2.24) is 10.3 Å². The molecule has 0 spiro atoms. The first kappa shape index (κ1) is 21.6. The van der Waals surface area contributed by atoms with Crippen LogP contribution < -0.4 is 14.8 Å². The Morgan fingerprint density at radius 3 is 2.57 bits per heavy atom. The lowest BCUT2D eigenvalue weighted by Gasteiger charge is -2.10. The van der Waals surface area contributed by atoms with Crippen molar-refractivity contribution >= 4 is 26.6 Å². The van der Waals surface area contributed by atoms with Crippen molar-refractivity contribution in [3.8, 4) is 11.5 Å². The average Bonchev–Trinajstić information content (AvgIpc) is 2.77. The second-order valence-electron chi connectivity index (χ2n) is 6.69. The molecule has 8 heteroatoms. The van der Waals surface area contributed by atoms with Crippen molar-refractivity contribution in [3.05, 3.63) is 60.3 Å². The zero-order valence-corrected chi connectivity index (χ0v) is 17.7. The minimum absolute atomic E-state index is 0.114. The van der Waals surface area contributed by atoms with Crippen LogP contribution in [0.3, 0.4) is 0 Å². The van der Waals surface area contributed by atoms with E-state index in [1.807, 2.05) is 24.3 Å². The molecule has 0 fully saturated rings. The van der Waals surface area contributed by atoms with Gasteiger partial charge in [-0.1, -0.05) is 24.3 Å². The highest BCUT2D eigenvalue weighted by Gasteiger charge is 2.19. The first-order valence-electron chi connectivity index (χ1n) is 9.48. The first-order chi connectivity index (χ1) is 14.4.